The van der Waals surface area contributed by atoms with Crippen LogP contribution in [0.15, 0.2) is 79.0 Å². The molecule has 0 bridgehead atoms. The third kappa shape index (κ3) is 6.09. The summed E-state index contributed by atoms with van der Waals surface area (Å²) in [6.45, 7) is 0.301. The molecule has 5 rings (SSSR count). The first-order valence-corrected chi connectivity index (χ1v) is 12.7. The maximum Gasteiger partial charge on any atom is 0.254 e. The van der Waals surface area contributed by atoms with Gasteiger partial charge < -0.3 is 14.4 Å². The molecule has 2 amide bonds. The van der Waals surface area contributed by atoms with Crippen LogP contribution in [0, 0.1) is 11.7 Å². The van der Waals surface area contributed by atoms with Gasteiger partial charge in [-0.3, -0.25) is 19.5 Å². The Morgan fingerprint density at radius 3 is 2.38 bits per heavy atom. The Kier molecular flexibility index (Phi) is 7.58. The second-order valence-corrected chi connectivity index (χ2v) is 9.41. The van der Waals surface area contributed by atoms with Gasteiger partial charge in [-0.25, -0.2) is 9.37 Å². The van der Waals surface area contributed by atoms with Crippen LogP contribution in [0.25, 0.3) is 16.9 Å². The average molecular weight is 529 g/mol. The van der Waals surface area contributed by atoms with Gasteiger partial charge in [-0.15, -0.1) is 0 Å². The van der Waals surface area contributed by atoms with Gasteiger partial charge in [0.2, 0.25) is 11.9 Å². The molecule has 0 unspecified atom stereocenters. The Hall–Kier alpha value is -4.66. The first-order chi connectivity index (χ1) is 18.9. The van der Waals surface area contributed by atoms with Crippen LogP contribution in [0.4, 0.5) is 10.3 Å². The second kappa shape index (κ2) is 11.4. The van der Waals surface area contributed by atoms with Gasteiger partial charge in [0, 0.05) is 29.9 Å². The monoisotopic (exact) mass is 528 g/mol. The smallest absolute Gasteiger partial charge is 0.254 e. The highest BCUT2D eigenvalue weighted by atomic mass is 19.1. The van der Waals surface area contributed by atoms with Gasteiger partial charge in [0.05, 0.1) is 25.6 Å². The van der Waals surface area contributed by atoms with Crippen molar-refractivity contribution in [1.29, 1.82) is 0 Å². The molecule has 0 saturated heterocycles. The zero-order valence-corrected chi connectivity index (χ0v) is 21.8. The summed E-state index contributed by atoms with van der Waals surface area (Å²) in [6.07, 6.45) is 3.86. The van der Waals surface area contributed by atoms with Crippen LogP contribution in [-0.4, -0.2) is 53.6 Å². The number of nitrogens with zero attached hydrogens (tertiary/aromatic N) is 3. The zero-order chi connectivity index (χ0) is 27.4. The summed E-state index contributed by atoms with van der Waals surface area (Å²) in [5.41, 5.74) is 2.59. The van der Waals surface area contributed by atoms with Gasteiger partial charge in [0.25, 0.3) is 5.91 Å². The van der Waals surface area contributed by atoms with Crippen molar-refractivity contribution < 1.29 is 23.5 Å². The zero-order valence-electron chi connectivity index (χ0n) is 21.8. The lowest BCUT2D eigenvalue weighted by Gasteiger charge is -2.22. The predicted molar refractivity (Wildman–Crippen MR) is 146 cm³/mol. The second-order valence-electron chi connectivity index (χ2n) is 9.41. The van der Waals surface area contributed by atoms with Gasteiger partial charge in [-0.05, 0) is 55.2 Å². The maximum absolute atomic E-state index is 13.4. The molecule has 39 heavy (non-hydrogen) atoms. The first kappa shape index (κ1) is 26.0. The number of nitrogens with one attached hydrogen (secondary N) is 1. The molecular weight excluding hydrogens is 499 g/mol. The fraction of sp³-hybridized carbons (Fsp3) is 0.233. The van der Waals surface area contributed by atoms with Crippen molar-refractivity contribution in [3.8, 4) is 28.4 Å². The highest BCUT2D eigenvalue weighted by Crippen LogP contribution is 2.32. The van der Waals surface area contributed by atoms with E-state index in [4.69, 9.17) is 14.5 Å². The van der Waals surface area contributed by atoms with Crippen LogP contribution < -0.4 is 14.8 Å². The summed E-state index contributed by atoms with van der Waals surface area (Å²) in [6, 6.07) is 20.4. The van der Waals surface area contributed by atoms with Crippen molar-refractivity contribution in [2.24, 2.45) is 5.92 Å². The fourth-order valence-corrected chi connectivity index (χ4v) is 4.33. The number of imidazole rings is 1. The number of ether oxygens (including phenoxy) is 2. The number of halogens is 1. The minimum absolute atomic E-state index is 0.161. The molecule has 1 aliphatic rings. The van der Waals surface area contributed by atoms with E-state index in [1.54, 1.807) is 30.9 Å². The molecule has 4 aromatic rings. The highest BCUT2D eigenvalue weighted by Gasteiger charge is 2.29. The van der Waals surface area contributed by atoms with Crippen LogP contribution in [-0.2, 0) is 4.79 Å². The molecule has 3 aromatic carbocycles. The Balaban J connectivity index is 1.43. The minimum Gasteiger partial charge on any atom is -0.493 e. The first-order valence-electron chi connectivity index (χ1n) is 12.7. The molecule has 0 spiro atoms. The van der Waals surface area contributed by atoms with Gasteiger partial charge in [0.15, 0.2) is 11.5 Å². The molecular formula is C30H29FN4O4. The SMILES string of the molecule is COc1ccc(-n2cc(-c3ccccc3)nc2NC(=O)CN(CC2CC2)C(=O)c2ccc(F)cc2)cc1OC. The summed E-state index contributed by atoms with van der Waals surface area (Å²) in [4.78, 5) is 32.7. The summed E-state index contributed by atoms with van der Waals surface area (Å²) >= 11 is 0. The fourth-order valence-electron chi connectivity index (χ4n) is 4.33. The molecule has 9 heteroatoms. The summed E-state index contributed by atoms with van der Waals surface area (Å²) in [5.74, 6) is 0.637. The van der Waals surface area contributed by atoms with E-state index in [1.165, 1.54) is 29.2 Å². The molecule has 1 aromatic heterocycles. The number of methoxy groups -OCH3 is 2. The molecule has 1 heterocycles. The number of hydrogen-bond donors (Lipinski definition) is 1. The van der Waals surface area contributed by atoms with E-state index in [-0.39, 0.29) is 12.5 Å². The Morgan fingerprint density at radius 1 is 1.00 bits per heavy atom. The molecule has 1 aliphatic carbocycles. The predicted octanol–water partition coefficient (Wildman–Crippen LogP) is 5.19. The van der Waals surface area contributed by atoms with Crippen molar-refractivity contribution in [1.82, 2.24) is 14.5 Å². The number of carbonyl (C=O) groups excluding carboxylic acids is 2. The van der Waals surface area contributed by atoms with Crippen LogP contribution >= 0.6 is 0 Å². The number of aromatic nitrogens is 2. The van der Waals surface area contributed by atoms with Crippen molar-refractivity contribution in [2.45, 2.75) is 12.8 Å². The number of carbonyl (C=O) groups is 2. The maximum atomic E-state index is 13.4. The van der Waals surface area contributed by atoms with E-state index in [9.17, 15) is 14.0 Å². The van der Waals surface area contributed by atoms with Crippen LogP contribution in [0.1, 0.15) is 23.2 Å². The summed E-state index contributed by atoms with van der Waals surface area (Å²) < 4.78 is 26.0. The van der Waals surface area contributed by atoms with Crippen LogP contribution in [0.5, 0.6) is 11.5 Å². The summed E-state index contributed by atoms with van der Waals surface area (Å²) in [7, 11) is 3.12. The quantitative estimate of drug-likeness (QED) is 0.306. The van der Waals surface area contributed by atoms with Crippen LogP contribution in [0.2, 0.25) is 0 Å². The van der Waals surface area contributed by atoms with Crippen molar-refractivity contribution >= 4 is 17.8 Å². The third-order valence-corrected chi connectivity index (χ3v) is 6.56. The molecule has 8 nitrogen and oxygen atoms in total. The van der Waals surface area contributed by atoms with E-state index in [1.807, 2.05) is 42.6 Å². The number of amides is 2. The van der Waals surface area contributed by atoms with E-state index < -0.39 is 11.7 Å². The Bertz CT molecular complexity index is 1470. The largest absolute Gasteiger partial charge is 0.493 e. The molecule has 1 N–H and O–H groups in total. The van der Waals surface area contributed by atoms with Crippen molar-refractivity contribution in [3.63, 3.8) is 0 Å². The summed E-state index contributed by atoms with van der Waals surface area (Å²) in [5, 5.41) is 2.89. The lowest BCUT2D eigenvalue weighted by Crippen LogP contribution is -2.39. The van der Waals surface area contributed by atoms with Gasteiger partial charge in [-0.2, -0.15) is 0 Å². The van der Waals surface area contributed by atoms with Crippen molar-refractivity contribution in [3.05, 3.63) is 90.4 Å². The molecule has 0 atom stereocenters. The standard InChI is InChI=1S/C30H29FN4O4/c1-38-26-15-14-24(16-27(26)39-2)35-18-25(21-6-4-3-5-7-21)32-30(35)33-28(36)19-34(17-20-8-9-20)29(37)22-10-12-23(31)13-11-22/h3-7,10-16,18,20H,8-9,17,19H2,1-2H3,(H,32,33,36). The average Bonchev–Trinajstić information content (AvgIpc) is 3.69. The molecule has 0 radical (unpaired) electrons. The molecule has 200 valence electrons. The van der Waals surface area contributed by atoms with Gasteiger partial charge in [-0.1, -0.05) is 30.3 Å². The lowest BCUT2D eigenvalue weighted by molar-refractivity contribution is -0.117. The molecule has 1 saturated carbocycles. The lowest BCUT2D eigenvalue weighted by atomic mass is 10.2. The van der Waals surface area contributed by atoms with E-state index in [0.29, 0.717) is 46.9 Å². The normalized spacial score (nSPS) is 12.6. The number of rotatable bonds is 10. The third-order valence-electron chi connectivity index (χ3n) is 6.56. The van der Waals surface area contributed by atoms with Crippen LogP contribution in [0.3, 0.4) is 0 Å². The Morgan fingerprint density at radius 2 is 1.72 bits per heavy atom. The number of anilines is 1. The molecule has 1 fully saturated rings. The van der Waals surface area contributed by atoms with E-state index in [2.05, 4.69) is 5.32 Å². The van der Waals surface area contributed by atoms with Gasteiger partial charge >= 0.3 is 0 Å². The number of hydrogen-bond acceptors (Lipinski definition) is 5. The van der Waals surface area contributed by atoms with Crippen molar-refractivity contribution in [2.75, 3.05) is 32.6 Å². The number of benzene rings is 3. The molecule has 0 aliphatic heterocycles. The Labute approximate surface area is 226 Å². The van der Waals surface area contributed by atoms with E-state index >= 15 is 0 Å². The van der Waals surface area contributed by atoms with Gasteiger partial charge in [0.1, 0.15) is 12.4 Å². The highest BCUT2D eigenvalue weighted by molar-refractivity contribution is 5.99. The van der Waals surface area contributed by atoms with E-state index in [0.717, 1.165) is 18.4 Å². The minimum atomic E-state index is -0.422. The topological polar surface area (TPSA) is 85.7 Å².